The zero-order valence-corrected chi connectivity index (χ0v) is 7.22. The molecule has 1 rings (SSSR count). The van der Waals surface area contributed by atoms with E-state index in [0.717, 1.165) is 12.5 Å². The minimum atomic E-state index is -0.370. The maximum absolute atomic E-state index is 11.6. The number of hydrogen-bond acceptors (Lipinski definition) is 1. The van der Waals surface area contributed by atoms with E-state index in [0.29, 0.717) is 11.7 Å². The number of nitrogens with one attached hydrogen (secondary N) is 2. The van der Waals surface area contributed by atoms with Gasteiger partial charge in [0.2, 0.25) is 0 Å². The molecule has 64 valence electrons. The van der Waals surface area contributed by atoms with E-state index in [1.807, 2.05) is 0 Å². The summed E-state index contributed by atoms with van der Waals surface area (Å²) in [6.45, 7) is 0.889. The summed E-state index contributed by atoms with van der Waals surface area (Å²) in [7, 11) is 0. The quantitative estimate of drug-likeness (QED) is 0.620. The zero-order valence-electron chi connectivity index (χ0n) is 6.40. The molecule has 2 N–H and O–H groups in total. The van der Waals surface area contributed by atoms with Gasteiger partial charge in [-0.05, 0) is 31.0 Å². The van der Waals surface area contributed by atoms with Gasteiger partial charge >= 0.3 is 0 Å². The highest BCUT2D eigenvalue weighted by Gasteiger charge is 2.20. The zero-order chi connectivity index (χ0) is 8.10. The fourth-order valence-electron chi connectivity index (χ4n) is 0.782. The van der Waals surface area contributed by atoms with Gasteiger partial charge in [0.1, 0.15) is 6.67 Å². The first kappa shape index (κ1) is 8.71. The van der Waals surface area contributed by atoms with Crippen LogP contribution in [0.4, 0.5) is 4.39 Å². The van der Waals surface area contributed by atoms with E-state index < -0.39 is 0 Å². The van der Waals surface area contributed by atoms with Gasteiger partial charge in [0.25, 0.3) is 0 Å². The summed E-state index contributed by atoms with van der Waals surface area (Å²) in [5, 5.41) is 6.37. The van der Waals surface area contributed by atoms with Crippen LogP contribution in [0.25, 0.3) is 0 Å². The maximum atomic E-state index is 11.6. The van der Waals surface area contributed by atoms with Crippen LogP contribution in [0.1, 0.15) is 12.8 Å². The van der Waals surface area contributed by atoms with Crippen LogP contribution in [0.3, 0.4) is 0 Å². The number of thiocarbonyl (C=S) groups is 1. The van der Waals surface area contributed by atoms with E-state index in [2.05, 4.69) is 10.6 Å². The van der Waals surface area contributed by atoms with Crippen molar-refractivity contribution in [2.24, 2.45) is 5.92 Å². The highest BCUT2D eigenvalue weighted by atomic mass is 32.1. The Hall–Kier alpha value is -0.380. The molecule has 4 heteroatoms. The molecule has 0 atom stereocenters. The Morgan fingerprint density at radius 3 is 2.73 bits per heavy atom. The van der Waals surface area contributed by atoms with Gasteiger partial charge in [0, 0.05) is 13.1 Å². The molecule has 0 heterocycles. The monoisotopic (exact) mass is 176 g/mol. The van der Waals surface area contributed by atoms with E-state index in [4.69, 9.17) is 12.2 Å². The molecule has 0 unspecified atom stereocenters. The number of rotatable bonds is 4. The molecular weight excluding hydrogens is 163 g/mol. The topological polar surface area (TPSA) is 24.1 Å². The maximum Gasteiger partial charge on any atom is 0.166 e. The lowest BCUT2D eigenvalue weighted by atomic mass is 10.4. The molecule has 0 bridgehead atoms. The van der Waals surface area contributed by atoms with Crippen molar-refractivity contribution in [1.82, 2.24) is 10.6 Å². The van der Waals surface area contributed by atoms with Crippen LogP contribution < -0.4 is 10.6 Å². The SMILES string of the molecule is FCCNC(=S)NCC1CC1. The van der Waals surface area contributed by atoms with Crippen LogP contribution in [-0.4, -0.2) is 24.9 Å². The van der Waals surface area contributed by atoms with Gasteiger partial charge in [-0.25, -0.2) is 4.39 Å². The molecule has 0 amide bonds. The second-order valence-electron chi connectivity index (χ2n) is 2.77. The van der Waals surface area contributed by atoms with Crippen molar-refractivity contribution in [3.05, 3.63) is 0 Å². The Bertz CT molecular complexity index is 136. The van der Waals surface area contributed by atoms with Crippen LogP contribution in [0.5, 0.6) is 0 Å². The van der Waals surface area contributed by atoms with Crippen LogP contribution >= 0.6 is 12.2 Å². The third kappa shape index (κ3) is 4.14. The normalized spacial score (nSPS) is 16.1. The average Bonchev–Trinajstić information content (AvgIpc) is 2.80. The summed E-state index contributed by atoms with van der Waals surface area (Å²) >= 11 is 4.88. The Labute approximate surface area is 71.5 Å². The van der Waals surface area contributed by atoms with Gasteiger partial charge in [-0.1, -0.05) is 0 Å². The van der Waals surface area contributed by atoms with Crippen molar-refractivity contribution >= 4 is 17.3 Å². The van der Waals surface area contributed by atoms with E-state index in [9.17, 15) is 4.39 Å². The Morgan fingerprint density at radius 1 is 1.45 bits per heavy atom. The van der Waals surface area contributed by atoms with E-state index in [-0.39, 0.29) is 6.67 Å². The lowest BCUT2D eigenvalue weighted by molar-refractivity contribution is 0.490. The number of alkyl halides is 1. The third-order valence-electron chi connectivity index (χ3n) is 1.63. The molecule has 0 aromatic heterocycles. The van der Waals surface area contributed by atoms with Gasteiger partial charge in [-0.15, -0.1) is 0 Å². The fraction of sp³-hybridized carbons (Fsp3) is 0.857. The van der Waals surface area contributed by atoms with Crippen LogP contribution in [-0.2, 0) is 0 Å². The summed E-state index contributed by atoms with van der Waals surface area (Å²) in [5.74, 6) is 0.806. The highest BCUT2D eigenvalue weighted by Crippen LogP contribution is 2.27. The second-order valence-corrected chi connectivity index (χ2v) is 3.18. The predicted molar refractivity (Wildman–Crippen MR) is 47.3 cm³/mol. The van der Waals surface area contributed by atoms with Gasteiger partial charge in [-0.2, -0.15) is 0 Å². The van der Waals surface area contributed by atoms with E-state index in [1.54, 1.807) is 0 Å². The van der Waals surface area contributed by atoms with Crippen LogP contribution in [0, 0.1) is 5.92 Å². The summed E-state index contributed by atoms with van der Waals surface area (Å²) < 4.78 is 11.6. The summed E-state index contributed by atoms with van der Waals surface area (Å²) in [4.78, 5) is 0. The Balaban J connectivity index is 1.91. The standard InChI is InChI=1S/C7H13FN2S/c8-3-4-9-7(11)10-5-6-1-2-6/h6H,1-5H2,(H2,9,10,11). The fourth-order valence-corrected chi connectivity index (χ4v) is 0.968. The first-order chi connectivity index (χ1) is 5.33. The molecule has 0 saturated heterocycles. The van der Waals surface area contributed by atoms with E-state index >= 15 is 0 Å². The molecule has 0 aliphatic heterocycles. The molecule has 1 aliphatic rings. The highest BCUT2D eigenvalue weighted by molar-refractivity contribution is 7.80. The molecule has 1 aliphatic carbocycles. The molecule has 0 aromatic rings. The van der Waals surface area contributed by atoms with Crippen molar-refractivity contribution in [1.29, 1.82) is 0 Å². The van der Waals surface area contributed by atoms with Crippen molar-refractivity contribution in [3.63, 3.8) is 0 Å². The smallest absolute Gasteiger partial charge is 0.166 e. The van der Waals surface area contributed by atoms with Crippen LogP contribution in [0.15, 0.2) is 0 Å². The molecule has 0 spiro atoms. The van der Waals surface area contributed by atoms with Gasteiger partial charge in [-0.3, -0.25) is 0 Å². The predicted octanol–water partition coefficient (Wildman–Crippen LogP) is 0.830. The van der Waals surface area contributed by atoms with Gasteiger partial charge < -0.3 is 10.6 Å². The molecular formula is C7H13FN2S. The molecule has 1 saturated carbocycles. The first-order valence-corrected chi connectivity index (χ1v) is 4.31. The molecule has 1 fully saturated rings. The molecule has 11 heavy (non-hydrogen) atoms. The molecule has 0 aromatic carbocycles. The minimum absolute atomic E-state index is 0.316. The second kappa shape index (κ2) is 4.49. The number of hydrogen-bond donors (Lipinski definition) is 2. The summed E-state index contributed by atoms with van der Waals surface area (Å²) in [6.07, 6.45) is 2.61. The van der Waals surface area contributed by atoms with Crippen molar-refractivity contribution in [2.45, 2.75) is 12.8 Å². The van der Waals surface area contributed by atoms with Crippen molar-refractivity contribution in [2.75, 3.05) is 19.8 Å². The Kier molecular flexibility index (Phi) is 3.56. The van der Waals surface area contributed by atoms with Crippen molar-refractivity contribution < 1.29 is 4.39 Å². The van der Waals surface area contributed by atoms with Gasteiger partial charge in [0.15, 0.2) is 5.11 Å². The van der Waals surface area contributed by atoms with Crippen molar-refractivity contribution in [3.8, 4) is 0 Å². The summed E-state index contributed by atoms with van der Waals surface area (Å²) in [6, 6.07) is 0. The lowest BCUT2D eigenvalue weighted by Gasteiger charge is -2.07. The average molecular weight is 176 g/mol. The van der Waals surface area contributed by atoms with E-state index in [1.165, 1.54) is 12.8 Å². The molecule has 2 nitrogen and oxygen atoms in total. The summed E-state index contributed by atoms with van der Waals surface area (Å²) in [5.41, 5.74) is 0. The lowest BCUT2D eigenvalue weighted by Crippen LogP contribution is -2.37. The first-order valence-electron chi connectivity index (χ1n) is 3.90. The minimum Gasteiger partial charge on any atom is -0.362 e. The largest absolute Gasteiger partial charge is 0.362 e. The van der Waals surface area contributed by atoms with Gasteiger partial charge in [0.05, 0.1) is 0 Å². The molecule has 0 radical (unpaired) electrons. The number of halogens is 1. The Morgan fingerprint density at radius 2 is 2.18 bits per heavy atom. The van der Waals surface area contributed by atoms with Crippen LogP contribution in [0.2, 0.25) is 0 Å². The third-order valence-corrected chi connectivity index (χ3v) is 1.92.